The van der Waals surface area contributed by atoms with Gasteiger partial charge in [-0.3, -0.25) is 9.78 Å². The molecule has 5 heteroatoms. The van der Waals surface area contributed by atoms with Gasteiger partial charge in [-0.25, -0.2) is 0 Å². The topological polar surface area (TPSA) is 76.2 Å². The minimum Gasteiger partial charge on any atom is -0.506 e. The van der Waals surface area contributed by atoms with Gasteiger partial charge in [0.1, 0.15) is 5.75 Å². The van der Waals surface area contributed by atoms with Crippen molar-refractivity contribution in [2.24, 2.45) is 5.73 Å². The van der Waals surface area contributed by atoms with Crippen molar-refractivity contribution in [2.45, 2.75) is 0 Å². The van der Waals surface area contributed by atoms with E-state index in [1.165, 1.54) is 0 Å². The van der Waals surface area contributed by atoms with E-state index in [9.17, 15) is 9.90 Å². The summed E-state index contributed by atoms with van der Waals surface area (Å²) in [5, 5.41) is 9.68. The Balaban J connectivity index is 2.61. The Kier molecular flexibility index (Phi) is 3.10. The van der Waals surface area contributed by atoms with Gasteiger partial charge in [0.05, 0.1) is 10.0 Å². The molecule has 0 radical (unpaired) electrons. The van der Waals surface area contributed by atoms with Gasteiger partial charge in [-0.05, 0) is 51.3 Å². The highest BCUT2D eigenvalue weighted by atomic mass is 79.9. The van der Waals surface area contributed by atoms with Gasteiger partial charge in [-0.1, -0.05) is 0 Å². The fraction of sp³-hybridized carbons (Fsp3) is 0. The molecule has 3 N–H and O–H groups in total. The van der Waals surface area contributed by atoms with Gasteiger partial charge in [0.25, 0.3) is 5.91 Å². The first-order chi connectivity index (χ1) is 8.09. The smallest absolute Gasteiger partial charge is 0.252 e. The van der Waals surface area contributed by atoms with Gasteiger partial charge in [-0.15, -0.1) is 0 Å². The van der Waals surface area contributed by atoms with Crippen molar-refractivity contribution in [2.75, 3.05) is 0 Å². The molecule has 0 saturated carbocycles. The summed E-state index contributed by atoms with van der Waals surface area (Å²) < 4.78 is 0.431. The maximum Gasteiger partial charge on any atom is 0.252 e. The van der Waals surface area contributed by atoms with Crippen molar-refractivity contribution in [3.63, 3.8) is 0 Å². The molecule has 0 spiro atoms. The maximum absolute atomic E-state index is 11.2. The second kappa shape index (κ2) is 4.55. The summed E-state index contributed by atoms with van der Waals surface area (Å²) in [6.07, 6.45) is 3.31. The minimum absolute atomic E-state index is 0.0891. The van der Waals surface area contributed by atoms with Crippen LogP contribution in [0.3, 0.4) is 0 Å². The highest BCUT2D eigenvalue weighted by Gasteiger charge is 2.13. The average Bonchev–Trinajstić information content (AvgIpc) is 2.33. The molecule has 0 aliphatic rings. The molecule has 0 aliphatic heterocycles. The van der Waals surface area contributed by atoms with E-state index in [1.807, 2.05) is 12.1 Å². The number of aromatic nitrogens is 1. The van der Waals surface area contributed by atoms with Crippen molar-refractivity contribution in [1.82, 2.24) is 4.98 Å². The number of primary amides is 1. The van der Waals surface area contributed by atoms with Crippen LogP contribution in [-0.2, 0) is 0 Å². The van der Waals surface area contributed by atoms with Gasteiger partial charge < -0.3 is 10.8 Å². The van der Waals surface area contributed by atoms with Gasteiger partial charge >= 0.3 is 0 Å². The Hall–Kier alpha value is -1.88. The fourth-order valence-corrected chi connectivity index (χ4v) is 1.96. The predicted octanol–water partition coefficient (Wildman–Crippen LogP) is 2.32. The van der Waals surface area contributed by atoms with Crippen LogP contribution < -0.4 is 5.73 Å². The molecule has 1 amide bonds. The van der Waals surface area contributed by atoms with Crippen LogP contribution in [0.5, 0.6) is 5.75 Å². The molecule has 0 bridgehead atoms. The summed E-state index contributed by atoms with van der Waals surface area (Å²) in [4.78, 5) is 15.1. The lowest BCUT2D eigenvalue weighted by molar-refractivity contribution is 0.0997. The summed E-state index contributed by atoms with van der Waals surface area (Å²) in [7, 11) is 0. The quantitative estimate of drug-likeness (QED) is 0.892. The summed E-state index contributed by atoms with van der Waals surface area (Å²) >= 11 is 3.19. The third kappa shape index (κ3) is 2.29. The van der Waals surface area contributed by atoms with E-state index in [2.05, 4.69) is 20.9 Å². The molecular formula is C12H9BrN2O2. The number of hydrogen-bond donors (Lipinski definition) is 2. The molecule has 1 aromatic heterocycles. The lowest BCUT2D eigenvalue weighted by atomic mass is 10.0. The number of pyridine rings is 1. The number of amides is 1. The SMILES string of the molecule is NC(=O)c1cc(-c2ccncc2)cc(Br)c1O. The van der Waals surface area contributed by atoms with Gasteiger partial charge in [0.15, 0.2) is 0 Å². The van der Waals surface area contributed by atoms with E-state index >= 15 is 0 Å². The molecule has 1 heterocycles. The van der Waals surface area contributed by atoms with E-state index in [4.69, 9.17) is 5.73 Å². The summed E-state index contributed by atoms with van der Waals surface area (Å²) in [6, 6.07) is 6.89. The Morgan fingerprint density at radius 1 is 1.24 bits per heavy atom. The molecule has 0 aliphatic carbocycles. The number of hydrogen-bond acceptors (Lipinski definition) is 3. The van der Waals surface area contributed by atoms with Crippen LogP contribution in [0, 0.1) is 0 Å². The van der Waals surface area contributed by atoms with Crippen molar-refractivity contribution in [3.8, 4) is 16.9 Å². The van der Waals surface area contributed by atoms with Crippen LogP contribution in [0.1, 0.15) is 10.4 Å². The maximum atomic E-state index is 11.2. The van der Waals surface area contributed by atoms with Gasteiger partial charge in [0, 0.05) is 12.4 Å². The van der Waals surface area contributed by atoms with Crippen LogP contribution >= 0.6 is 15.9 Å². The molecule has 17 heavy (non-hydrogen) atoms. The molecule has 0 fully saturated rings. The molecule has 2 rings (SSSR count). The van der Waals surface area contributed by atoms with E-state index < -0.39 is 5.91 Å². The Morgan fingerprint density at radius 2 is 1.88 bits per heavy atom. The zero-order chi connectivity index (χ0) is 12.4. The number of carbonyl (C=O) groups excluding carboxylic acids is 1. The standard InChI is InChI=1S/C12H9BrN2O2/c13-10-6-8(7-1-3-15-4-2-7)5-9(11(10)16)12(14)17/h1-6,16H,(H2,14,17). The second-order valence-electron chi connectivity index (χ2n) is 3.45. The van der Waals surface area contributed by atoms with E-state index in [0.717, 1.165) is 11.1 Å². The number of rotatable bonds is 2. The van der Waals surface area contributed by atoms with Crippen molar-refractivity contribution in [3.05, 3.63) is 46.7 Å². The molecule has 0 unspecified atom stereocenters. The first kappa shape index (κ1) is 11.6. The zero-order valence-corrected chi connectivity index (χ0v) is 10.3. The van der Waals surface area contributed by atoms with Crippen LogP contribution in [0.2, 0.25) is 0 Å². The van der Waals surface area contributed by atoms with Crippen LogP contribution in [0.4, 0.5) is 0 Å². The predicted molar refractivity (Wildman–Crippen MR) is 67.6 cm³/mol. The van der Waals surface area contributed by atoms with Crippen molar-refractivity contribution < 1.29 is 9.90 Å². The largest absolute Gasteiger partial charge is 0.506 e. The zero-order valence-electron chi connectivity index (χ0n) is 8.72. The normalized spacial score (nSPS) is 10.2. The Labute approximate surface area is 106 Å². The molecule has 2 aromatic rings. The van der Waals surface area contributed by atoms with E-state index in [-0.39, 0.29) is 11.3 Å². The number of carbonyl (C=O) groups is 1. The first-order valence-electron chi connectivity index (χ1n) is 4.82. The molecule has 0 atom stereocenters. The molecule has 86 valence electrons. The molecule has 1 aromatic carbocycles. The van der Waals surface area contributed by atoms with E-state index in [1.54, 1.807) is 24.5 Å². The third-order valence-corrected chi connectivity index (χ3v) is 2.95. The molecular weight excluding hydrogens is 284 g/mol. The lowest BCUT2D eigenvalue weighted by Gasteiger charge is -2.07. The van der Waals surface area contributed by atoms with Gasteiger partial charge in [-0.2, -0.15) is 0 Å². The Bertz CT molecular complexity index is 570. The number of benzene rings is 1. The summed E-state index contributed by atoms with van der Waals surface area (Å²) in [5.74, 6) is -0.811. The lowest BCUT2D eigenvalue weighted by Crippen LogP contribution is -2.11. The van der Waals surface area contributed by atoms with Crippen LogP contribution in [0.15, 0.2) is 41.1 Å². The number of nitrogens with two attached hydrogens (primary N) is 1. The highest BCUT2D eigenvalue weighted by Crippen LogP contribution is 2.33. The molecule has 0 saturated heterocycles. The fourth-order valence-electron chi connectivity index (χ4n) is 1.50. The van der Waals surface area contributed by atoms with E-state index in [0.29, 0.717) is 4.47 Å². The molecule has 4 nitrogen and oxygen atoms in total. The summed E-state index contributed by atoms with van der Waals surface area (Å²) in [5.41, 5.74) is 6.96. The minimum atomic E-state index is -0.667. The highest BCUT2D eigenvalue weighted by molar-refractivity contribution is 9.10. The monoisotopic (exact) mass is 292 g/mol. The third-order valence-electron chi connectivity index (χ3n) is 2.34. The van der Waals surface area contributed by atoms with Gasteiger partial charge in [0.2, 0.25) is 0 Å². The Morgan fingerprint density at radius 3 is 2.47 bits per heavy atom. The van der Waals surface area contributed by atoms with Crippen molar-refractivity contribution in [1.29, 1.82) is 0 Å². The second-order valence-corrected chi connectivity index (χ2v) is 4.31. The number of halogens is 1. The summed E-state index contributed by atoms with van der Waals surface area (Å²) in [6.45, 7) is 0. The number of phenols is 1. The number of nitrogens with zero attached hydrogens (tertiary/aromatic N) is 1. The van der Waals surface area contributed by atoms with Crippen LogP contribution in [-0.4, -0.2) is 16.0 Å². The number of aromatic hydroxyl groups is 1. The van der Waals surface area contributed by atoms with Crippen molar-refractivity contribution >= 4 is 21.8 Å². The van der Waals surface area contributed by atoms with Crippen LogP contribution in [0.25, 0.3) is 11.1 Å². The average molecular weight is 293 g/mol. The first-order valence-corrected chi connectivity index (χ1v) is 5.61.